The van der Waals surface area contributed by atoms with Crippen LogP contribution in [0.4, 0.5) is 5.69 Å². The fourth-order valence-electron chi connectivity index (χ4n) is 3.56. The van der Waals surface area contributed by atoms with E-state index < -0.39 is 0 Å². The summed E-state index contributed by atoms with van der Waals surface area (Å²) in [6, 6.07) is 8.52. The summed E-state index contributed by atoms with van der Waals surface area (Å²) >= 11 is 0. The van der Waals surface area contributed by atoms with E-state index in [1.807, 2.05) is 26.1 Å². The van der Waals surface area contributed by atoms with Crippen molar-refractivity contribution < 1.29 is 4.52 Å². The minimum absolute atomic E-state index is 0.512. The van der Waals surface area contributed by atoms with Gasteiger partial charge in [-0.25, -0.2) is 4.98 Å². The molecule has 0 amide bonds. The van der Waals surface area contributed by atoms with Gasteiger partial charge in [-0.2, -0.15) is 4.98 Å². The molecule has 28 heavy (non-hydrogen) atoms. The number of aryl methyl sites for hydroxylation is 5. The molecule has 0 radical (unpaired) electrons. The monoisotopic (exact) mass is 375 g/mol. The van der Waals surface area contributed by atoms with E-state index in [1.165, 1.54) is 16.7 Å². The molecule has 0 aliphatic carbocycles. The first-order valence-electron chi connectivity index (χ1n) is 9.59. The highest BCUT2D eigenvalue weighted by Gasteiger charge is 2.15. The average Bonchev–Trinajstić information content (AvgIpc) is 3.24. The Morgan fingerprint density at radius 1 is 1.11 bits per heavy atom. The van der Waals surface area contributed by atoms with Gasteiger partial charge in [0.15, 0.2) is 11.5 Å². The summed E-state index contributed by atoms with van der Waals surface area (Å²) in [5.41, 5.74) is 8.83. The number of benzene rings is 1. The normalized spacial score (nSPS) is 11.3. The minimum atomic E-state index is 0.512. The van der Waals surface area contributed by atoms with Gasteiger partial charge < -0.3 is 14.2 Å². The van der Waals surface area contributed by atoms with Gasteiger partial charge >= 0.3 is 0 Å². The molecule has 6 heteroatoms. The number of imidazole rings is 1. The number of aromatic nitrogens is 4. The highest BCUT2D eigenvalue weighted by atomic mass is 16.5. The van der Waals surface area contributed by atoms with Gasteiger partial charge in [0.05, 0.1) is 16.9 Å². The summed E-state index contributed by atoms with van der Waals surface area (Å²) in [4.78, 5) is 9.15. The van der Waals surface area contributed by atoms with Crippen LogP contribution in [0.1, 0.15) is 40.8 Å². The fourth-order valence-corrected chi connectivity index (χ4v) is 3.56. The molecule has 4 rings (SSSR count). The van der Waals surface area contributed by atoms with Gasteiger partial charge in [0, 0.05) is 18.4 Å². The van der Waals surface area contributed by atoms with Crippen molar-refractivity contribution in [3.8, 4) is 11.5 Å². The van der Waals surface area contributed by atoms with Gasteiger partial charge in [0.25, 0.3) is 5.89 Å². The number of hydrogen-bond acceptors (Lipinski definition) is 5. The van der Waals surface area contributed by atoms with Crippen molar-refractivity contribution >= 4 is 11.3 Å². The smallest absolute Gasteiger partial charge is 0.259 e. The number of fused-ring (bicyclic) bond motifs is 1. The second kappa shape index (κ2) is 7.11. The zero-order valence-corrected chi connectivity index (χ0v) is 17.0. The van der Waals surface area contributed by atoms with Gasteiger partial charge in [0.1, 0.15) is 0 Å². The van der Waals surface area contributed by atoms with E-state index in [1.54, 1.807) is 0 Å². The molecule has 0 atom stereocenters. The molecular weight excluding hydrogens is 350 g/mol. The number of nitrogens with zero attached hydrogens (tertiary/aromatic N) is 4. The molecule has 3 heterocycles. The summed E-state index contributed by atoms with van der Waals surface area (Å²) in [7, 11) is 0. The molecule has 1 N–H and O–H groups in total. The van der Waals surface area contributed by atoms with Gasteiger partial charge in [-0.15, -0.1) is 0 Å². The third-order valence-corrected chi connectivity index (χ3v) is 5.31. The molecular formula is C22H25N5O. The van der Waals surface area contributed by atoms with Crippen LogP contribution >= 0.6 is 0 Å². The van der Waals surface area contributed by atoms with Crippen LogP contribution in [0.3, 0.4) is 0 Å². The maximum atomic E-state index is 5.40. The zero-order chi connectivity index (χ0) is 19.8. The van der Waals surface area contributed by atoms with Crippen LogP contribution in [0.5, 0.6) is 0 Å². The largest absolute Gasteiger partial charge is 0.378 e. The van der Waals surface area contributed by atoms with Crippen molar-refractivity contribution in [3.63, 3.8) is 0 Å². The lowest BCUT2D eigenvalue weighted by molar-refractivity contribution is 0.425. The van der Waals surface area contributed by atoms with E-state index in [0.29, 0.717) is 11.7 Å². The molecule has 0 bridgehead atoms. The number of anilines is 1. The van der Waals surface area contributed by atoms with Gasteiger partial charge in [-0.1, -0.05) is 30.3 Å². The molecule has 0 aliphatic rings. The maximum absolute atomic E-state index is 5.40. The van der Waals surface area contributed by atoms with Crippen LogP contribution < -0.4 is 5.32 Å². The SMILES string of the molecule is CCc1cccc(C)c1CNc1cc(-c2nc(C)no2)cn2c(C)c(C)nc12. The van der Waals surface area contributed by atoms with Crippen molar-refractivity contribution in [1.29, 1.82) is 0 Å². The second-order valence-electron chi connectivity index (χ2n) is 7.19. The molecule has 3 aromatic heterocycles. The molecule has 4 aromatic rings. The van der Waals surface area contributed by atoms with E-state index in [-0.39, 0.29) is 0 Å². The number of pyridine rings is 1. The first-order valence-corrected chi connectivity index (χ1v) is 9.59. The third kappa shape index (κ3) is 3.15. The molecule has 0 aliphatic heterocycles. The molecule has 144 valence electrons. The first kappa shape index (κ1) is 18.2. The summed E-state index contributed by atoms with van der Waals surface area (Å²) in [6.07, 6.45) is 3.02. The van der Waals surface area contributed by atoms with E-state index in [4.69, 9.17) is 9.51 Å². The van der Waals surface area contributed by atoms with Gasteiger partial charge in [-0.05, 0) is 56.9 Å². The Balaban J connectivity index is 1.79. The molecule has 0 fully saturated rings. The Bertz CT molecular complexity index is 1160. The standard InChI is InChI=1S/C22H25N5O/c1-6-17-9-7-8-13(2)19(17)11-23-20-10-18(22-25-16(5)26-28-22)12-27-15(4)14(3)24-21(20)27/h7-10,12,23H,6,11H2,1-5H3. The second-order valence-corrected chi connectivity index (χ2v) is 7.19. The molecule has 0 saturated carbocycles. The lowest BCUT2D eigenvalue weighted by atomic mass is 10.00. The van der Waals surface area contributed by atoms with Crippen LogP contribution in [0.15, 0.2) is 35.0 Å². The lowest BCUT2D eigenvalue weighted by Gasteiger charge is -2.14. The number of nitrogens with one attached hydrogen (secondary N) is 1. The molecule has 0 unspecified atom stereocenters. The van der Waals surface area contributed by atoms with E-state index >= 15 is 0 Å². The Hall–Kier alpha value is -3.15. The van der Waals surface area contributed by atoms with E-state index in [0.717, 1.165) is 41.3 Å². The number of rotatable bonds is 5. The third-order valence-electron chi connectivity index (χ3n) is 5.31. The van der Waals surface area contributed by atoms with Crippen LogP contribution in [0.2, 0.25) is 0 Å². The lowest BCUT2D eigenvalue weighted by Crippen LogP contribution is -2.06. The quantitative estimate of drug-likeness (QED) is 0.543. The van der Waals surface area contributed by atoms with E-state index in [2.05, 4.69) is 58.8 Å². The molecule has 0 spiro atoms. The molecule has 1 aromatic carbocycles. The van der Waals surface area contributed by atoms with Crippen LogP contribution in [0.25, 0.3) is 17.1 Å². The van der Waals surface area contributed by atoms with Crippen molar-refractivity contribution in [1.82, 2.24) is 19.5 Å². The Morgan fingerprint density at radius 3 is 2.64 bits per heavy atom. The van der Waals surface area contributed by atoms with Crippen molar-refractivity contribution in [2.45, 2.75) is 47.6 Å². The predicted molar refractivity (Wildman–Crippen MR) is 111 cm³/mol. The summed E-state index contributed by atoms with van der Waals surface area (Å²) < 4.78 is 7.49. The predicted octanol–water partition coefficient (Wildman–Crippen LogP) is 4.79. The number of hydrogen-bond donors (Lipinski definition) is 1. The topological polar surface area (TPSA) is 68.2 Å². The summed E-state index contributed by atoms with van der Waals surface area (Å²) in [5.74, 6) is 1.13. The zero-order valence-electron chi connectivity index (χ0n) is 17.0. The Kier molecular flexibility index (Phi) is 4.63. The first-order chi connectivity index (χ1) is 13.5. The fraction of sp³-hybridized carbons (Fsp3) is 0.318. The van der Waals surface area contributed by atoms with Crippen LogP contribution in [-0.2, 0) is 13.0 Å². The van der Waals surface area contributed by atoms with E-state index in [9.17, 15) is 0 Å². The van der Waals surface area contributed by atoms with Crippen LogP contribution in [0, 0.1) is 27.7 Å². The van der Waals surface area contributed by atoms with Crippen molar-refractivity contribution in [3.05, 3.63) is 64.4 Å². The highest BCUT2D eigenvalue weighted by molar-refractivity contribution is 5.74. The minimum Gasteiger partial charge on any atom is -0.378 e. The molecule has 0 saturated heterocycles. The Labute approximate surface area is 164 Å². The van der Waals surface area contributed by atoms with Gasteiger partial charge in [0.2, 0.25) is 0 Å². The highest BCUT2D eigenvalue weighted by Crippen LogP contribution is 2.28. The summed E-state index contributed by atoms with van der Waals surface area (Å²) in [6.45, 7) is 11.0. The van der Waals surface area contributed by atoms with Crippen molar-refractivity contribution in [2.24, 2.45) is 0 Å². The van der Waals surface area contributed by atoms with Crippen LogP contribution in [-0.4, -0.2) is 19.5 Å². The summed E-state index contributed by atoms with van der Waals surface area (Å²) in [5, 5.41) is 7.53. The average molecular weight is 375 g/mol. The van der Waals surface area contributed by atoms with Crippen molar-refractivity contribution in [2.75, 3.05) is 5.32 Å². The van der Waals surface area contributed by atoms with Gasteiger partial charge in [-0.3, -0.25) is 0 Å². The molecule has 6 nitrogen and oxygen atoms in total. The maximum Gasteiger partial charge on any atom is 0.259 e. The Morgan fingerprint density at radius 2 is 1.93 bits per heavy atom.